The van der Waals surface area contributed by atoms with Crippen molar-refractivity contribution in [3.63, 3.8) is 0 Å². The summed E-state index contributed by atoms with van der Waals surface area (Å²) in [6.07, 6.45) is 3.85. The summed E-state index contributed by atoms with van der Waals surface area (Å²) in [7, 11) is 1.40. The van der Waals surface area contributed by atoms with Crippen molar-refractivity contribution < 1.29 is 9.53 Å². The Hall–Kier alpha value is -1.42. The normalized spacial score (nSPS) is 17.1. The first-order valence-corrected chi connectivity index (χ1v) is 5.56. The second kappa shape index (κ2) is 5.07. The number of pyridine rings is 1. The number of carbonyl (C=O) groups is 1. The van der Waals surface area contributed by atoms with Crippen LogP contribution in [0.25, 0.3) is 0 Å². The van der Waals surface area contributed by atoms with Crippen LogP contribution in [0, 0.1) is 0 Å². The lowest BCUT2D eigenvalue weighted by Crippen LogP contribution is -2.27. The molecule has 1 aromatic rings. The van der Waals surface area contributed by atoms with Crippen LogP contribution >= 0.6 is 0 Å². The molecule has 0 aliphatic carbocycles. The Kier molecular flexibility index (Phi) is 3.51. The van der Waals surface area contributed by atoms with Crippen LogP contribution in [0.1, 0.15) is 34.8 Å². The van der Waals surface area contributed by atoms with Crippen LogP contribution in [0.3, 0.4) is 0 Å². The third kappa shape index (κ3) is 2.39. The zero-order valence-electron chi connectivity index (χ0n) is 9.40. The van der Waals surface area contributed by atoms with Crippen molar-refractivity contribution in [1.29, 1.82) is 0 Å². The van der Waals surface area contributed by atoms with Gasteiger partial charge in [0.25, 0.3) is 0 Å². The molecule has 1 saturated heterocycles. The highest BCUT2D eigenvalue weighted by atomic mass is 16.5. The van der Waals surface area contributed by atoms with Gasteiger partial charge in [-0.15, -0.1) is 0 Å². The number of piperidine rings is 1. The van der Waals surface area contributed by atoms with E-state index in [1.807, 2.05) is 6.07 Å². The Labute approximate surface area is 95.0 Å². The molecule has 16 heavy (non-hydrogen) atoms. The maximum Gasteiger partial charge on any atom is 0.337 e. The summed E-state index contributed by atoms with van der Waals surface area (Å²) in [5.74, 6) is 0.170. The average Bonchev–Trinajstić information content (AvgIpc) is 2.39. The van der Waals surface area contributed by atoms with Gasteiger partial charge in [0.2, 0.25) is 0 Å². The lowest BCUT2D eigenvalue weighted by atomic mass is 9.93. The minimum Gasteiger partial charge on any atom is -0.465 e. The van der Waals surface area contributed by atoms with Crippen LogP contribution in [-0.4, -0.2) is 31.2 Å². The molecule has 1 aliphatic heterocycles. The fourth-order valence-corrected chi connectivity index (χ4v) is 2.03. The summed E-state index contributed by atoms with van der Waals surface area (Å²) >= 11 is 0. The van der Waals surface area contributed by atoms with Crippen molar-refractivity contribution in [2.75, 3.05) is 20.2 Å². The van der Waals surface area contributed by atoms with Gasteiger partial charge in [0.05, 0.1) is 12.7 Å². The Bertz CT molecular complexity index is 373. The summed E-state index contributed by atoms with van der Waals surface area (Å²) in [6.45, 7) is 2.05. The van der Waals surface area contributed by atoms with Crippen molar-refractivity contribution in [1.82, 2.24) is 10.3 Å². The third-order valence-electron chi connectivity index (χ3n) is 2.96. The molecule has 0 saturated carbocycles. The van der Waals surface area contributed by atoms with Crippen LogP contribution in [0.2, 0.25) is 0 Å². The van der Waals surface area contributed by atoms with Crippen molar-refractivity contribution in [2.45, 2.75) is 18.8 Å². The lowest BCUT2D eigenvalue weighted by molar-refractivity contribution is 0.0600. The highest BCUT2D eigenvalue weighted by Crippen LogP contribution is 2.23. The minimum absolute atomic E-state index is 0.294. The van der Waals surface area contributed by atoms with Crippen molar-refractivity contribution >= 4 is 5.97 Å². The van der Waals surface area contributed by atoms with Crippen LogP contribution in [0.5, 0.6) is 0 Å². The van der Waals surface area contributed by atoms with Gasteiger partial charge < -0.3 is 10.1 Å². The summed E-state index contributed by atoms with van der Waals surface area (Å²) in [6, 6.07) is 3.54. The monoisotopic (exact) mass is 220 g/mol. The molecule has 0 spiro atoms. The molecule has 0 atom stereocenters. The van der Waals surface area contributed by atoms with Crippen molar-refractivity contribution in [3.8, 4) is 0 Å². The number of aromatic nitrogens is 1. The number of methoxy groups -OCH3 is 1. The SMILES string of the molecule is COC(=O)c1ccnc(C2CCNCC2)c1. The maximum absolute atomic E-state index is 11.4. The smallest absolute Gasteiger partial charge is 0.337 e. The molecule has 2 rings (SSSR count). The summed E-state index contributed by atoms with van der Waals surface area (Å²) in [4.78, 5) is 15.7. The predicted octanol–water partition coefficient (Wildman–Crippen LogP) is 1.34. The van der Waals surface area contributed by atoms with E-state index in [1.165, 1.54) is 7.11 Å². The molecular formula is C12H16N2O2. The van der Waals surface area contributed by atoms with Crippen LogP contribution < -0.4 is 5.32 Å². The van der Waals surface area contributed by atoms with E-state index in [0.29, 0.717) is 11.5 Å². The molecule has 1 N–H and O–H groups in total. The molecule has 1 aromatic heterocycles. The molecule has 0 amide bonds. The fraction of sp³-hybridized carbons (Fsp3) is 0.500. The Morgan fingerprint density at radius 3 is 2.94 bits per heavy atom. The third-order valence-corrected chi connectivity index (χ3v) is 2.96. The summed E-state index contributed by atoms with van der Waals surface area (Å²) in [5.41, 5.74) is 1.59. The van der Waals surface area contributed by atoms with E-state index in [2.05, 4.69) is 10.3 Å². The van der Waals surface area contributed by atoms with E-state index in [-0.39, 0.29) is 5.97 Å². The number of nitrogens with zero attached hydrogens (tertiary/aromatic N) is 1. The zero-order chi connectivity index (χ0) is 11.4. The van der Waals surface area contributed by atoms with E-state index >= 15 is 0 Å². The Morgan fingerprint density at radius 2 is 2.25 bits per heavy atom. The van der Waals surface area contributed by atoms with Gasteiger partial charge in [-0.05, 0) is 38.1 Å². The van der Waals surface area contributed by atoms with Gasteiger partial charge in [-0.3, -0.25) is 4.98 Å². The standard InChI is InChI=1S/C12H16N2O2/c1-16-12(15)10-4-7-14-11(8-10)9-2-5-13-6-3-9/h4,7-9,13H,2-3,5-6H2,1H3. The van der Waals surface area contributed by atoms with Crippen LogP contribution in [0.15, 0.2) is 18.3 Å². The van der Waals surface area contributed by atoms with Gasteiger partial charge in [0.15, 0.2) is 0 Å². The van der Waals surface area contributed by atoms with Gasteiger partial charge in [0, 0.05) is 17.8 Å². The van der Waals surface area contributed by atoms with Gasteiger partial charge in [-0.25, -0.2) is 4.79 Å². The van der Waals surface area contributed by atoms with Gasteiger partial charge in [-0.1, -0.05) is 0 Å². The molecule has 1 aliphatic rings. The molecular weight excluding hydrogens is 204 g/mol. The van der Waals surface area contributed by atoms with E-state index < -0.39 is 0 Å². The average molecular weight is 220 g/mol. The van der Waals surface area contributed by atoms with E-state index in [4.69, 9.17) is 4.74 Å². The molecule has 86 valence electrons. The molecule has 1 fully saturated rings. The Morgan fingerprint density at radius 1 is 1.50 bits per heavy atom. The maximum atomic E-state index is 11.4. The van der Waals surface area contributed by atoms with Gasteiger partial charge >= 0.3 is 5.97 Å². The zero-order valence-corrected chi connectivity index (χ0v) is 9.40. The molecule has 4 heteroatoms. The first kappa shape index (κ1) is 11.1. The van der Waals surface area contributed by atoms with Gasteiger partial charge in [-0.2, -0.15) is 0 Å². The second-order valence-corrected chi connectivity index (χ2v) is 3.99. The number of ether oxygens (including phenoxy) is 1. The molecule has 0 aromatic carbocycles. The highest BCUT2D eigenvalue weighted by molar-refractivity contribution is 5.89. The van der Waals surface area contributed by atoms with Crippen LogP contribution in [0.4, 0.5) is 0 Å². The van der Waals surface area contributed by atoms with Gasteiger partial charge in [0.1, 0.15) is 0 Å². The molecule has 4 nitrogen and oxygen atoms in total. The molecule has 0 radical (unpaired) electrons. The van der Waals surface area contributed by atoms with E-state index in [9.17, 15) is 4.79 Å². The predicted molar refractivity (Wildman–Crippen MR) is 60.4 cm³/mol. The number of rotatable bonds is 2. The number of hydrogen-bond acceptors (Lipinski definition) is 4. The van der Waals surface area contributed by atoms with E-state index in [0.717, 1.165) is 31.6 Å². The first-order valence-electron chi connectivity index (χ1n) is 5.56. The molecule has 0 bridgehead atoms. The van der Waals surface area contributed by atoms with Crippen LogP contribution in [-0.2, 0) is 4.74 Å². The number of nitrogens with one attached hydrogen (secondary N) is 1. The number of hydrogen-bond donors (Lipinski definition) is 1. The largest absolute Gasteiger partial charge is 0.465 e. The summed E-state index contributed by atoms with van der Waals surface area (Å²) in [5, 5.41) is 3.31. The van der Waals surface area contributed by atoms with Crippen molar-refractivity contribution in [3.05, 3.63) is 29.6 Å². The lowest BCUT2D eigenvalue weighted by Gasteiger charge is -2.22. The first-order chi connectivity index (χ1) is 7.81. The fourth-order valence-electron chi connectivity index (χ4n) is 2.03. The van der Waals surface area contributed by atoms with Crippen molar-refractivity contribution in [2.24, 2.45) is 0 Å². The molecule has 2 heterocycles. The van der Waals surface area contributed by atoms with E-state index in [1.54, 1.807) is 12.3 Å². The number of carbonyl (C=O) groups excluding carboxylic acids is 1. The Balaban J connectivity index is 2.17. The topological polar surface area (TPSA) is 51.2 Å². The highest BCUT2D eigenvalue weighted by Gasteiger charge is 2.17. The summed E-state index contributed by atoms with van der Waals surface area (Å²) < 4.78 is 4.70. The quantitative estimate of drug-likeness (QED) is 0.764. The molecule has 0 unspecified atom stereocenters. The minimum atomic E-state index is -0.294. The second-order valence-electron chi connectivity index (χ2n) is 3.99. The number of esters is 1.